The molecule has 0 N–H and O–H groups in total. The van der Waals surface area contributed by atoms with Crippen LogP contribution < -0.4 is 4.57 Å². The van der Waals surface area contributed by atoms with E-state index in [2.05, 4.69) is 32.7 Å². The molecule has 4 aromatic heterocycles. The second-order valence-electron chi connectivity index (χ2n) is 5.75. The highest BCUT2D eigenvalue weighted by atomic mass is 14.9. The van der Waals surface area contributed by atoms with Crippen LogP contribution in [0.3, 0.4) is 0 Å². The average molecular weight is 325 g/mol. The maximum Gasteiger partial charge on any atom is 0.212 e. The number of nitrogens with zero attached hydrogens (tertiary/aromatic N) is 4. The molecular formula is C21H17N4+. The van der Waals surface area contributed by atoms with Gasteiger partial charge in [-0.25, -0.2) is 9.55 Å². The summed E-state index contributed by atoms with van der Waals surface area (Å²) in [5, 5.41) is 0. The van der Waals surface area contributed by atoms with Crippen LogP contribution in [0.25, 0.3) is 34.0 Å². The van der Waals surface area contributed by atoms with Crippen LogP contribution in [-0.4, -0.2) is 15.0 Å². The van der Waals surface area contributed by atoms with Crippen molar-refractivity contribution in [2.45, 2.75) is 0 Å². The van der Waals surface area contributed by atoms with Crippen LogP contribution in [-0.2, 0) is 7.05 Å². The number of aromatic nitrogens is 4. The van der Waals surface area contributed by atoms with Crippen molar-refractivity contribution in [3.63, 3.8) is 0 Å². The summed E-state index contributed by atoms with van der Waals surface area (Å²) in [6, 6.07) is 22.0. The Morgan fingerprint density at radius 2 is 1.28 bits per heavy atom. The lowest BCUT2D eigenvalue weighted by atomic mass is 10.1. The largest absolute Gasteiger partial charge is 0.255 e. The molecule has 0 amide bonds. The first-order valence-corrected chi connectivity index (χ1v) is 8.11. The SMILES string of the molecule is C[n+]1ccccc1-c1cc(-c2ccccn2)nc(-c2ccccn2)c1. The molecule has 4 nitrogen and oxygen atoms in total. The average Bonchev–Trinajstić information content (AvgIpc) is 2.69. The van der Waals surface area contributed by atoms with Gasteiger partial charge >= 0.3 is 0 Å². The second kappa shape index (κ2) is 6.61. The van der Waals surface area contributed by atoms with Crippen LogP contribution >= 0.6 is 0 Å². The lowest BCUT2D eigenvalue weighted by Crippen LogP contribution is -2.29. The predicted octanol–water partition coefficient (Wildman–Crippen LogP) is 3.70. The molecular weight excluding hydrogens is 308 g/mol. The van der Waals surface area contributed by atoms with Gasteiger partial charge in [0.15, 0.2) is 6.20 Å². The normalized spacial score (nSPS) is 10.6. The number of hydrogen-bond donors (Lipinski definition) is 0. The number of hydrogen-bond acceptors (Lipinski definition) is 3. The lowest BCUT2D eigenvalue weighted by molar-refractivity contribution is -0.660. The van der Waals surface area contributed by atoms with Gasteiger partial charge in [0.2, 0.25) is 5.69 Å². The molecule has 0 aliphatic carbocycles. The van der Waals surface area contributed by atoms with Gasteiger partial charge in [0.1, 0.15) is 7.05 Å². The van der Waals surface area contributed by atoms with Crippen LogP contribution in [0, 0.1) is 0 Å². The Hall–Kier alpha value is -3.40. The zero-order valence-electron chi connectivity index (χ0n) is 13.9. The molecule has 0 atom stereocenters. The van der Waals surface area contributed by atoms with Crippen LogP contribution in [0.4, 0.5) is 0 Å². The summed E-state index contributed by atoms with van der Waals surface area (Å²) >= 11 is 0. The van der Waals surface area contributed by atoms with Crippen molar-refractivity contribution in [3.8, 4) is 34.0 Å². The van der Waals surface area contributed by atoms with E-state index in [0.29, 0.717) is 0 Å². The smallest absolute Gasteiger partial charge is 0.212 e. The van der Waals surface area contributed by atoms with Crippen molar-refractivity contribution >= 4 is 0 Å². The van der Waals surface area contributed by atoms with Crippen molar-refractivity contribution in [2.24, 2.45) is 7.05 Å². The fourth-order valence-corrected chi connectivity index (χ4v) is 2.79. The maximum atomic E-state index is 4.79. The van der Waals surface area contributed by atoms with E-state index in [-0.39, 0.29) is 0 Å². The molecule has 120 valence electrons. The Balaban J connectivity index is 1.94. The van der Waals surface area contributed by atoms with Gasteiger partial charge in [0.05, 0.1) is 28.3 Å². The molecule has 25 heavy (non-hydrogen) atoms. The molecule has 0 unspecified atom stereocenters. The zero-order valence-corrected chi connectivity index (χ0v) is 13.9. The fraction of sp³-hybridized carbons (Fsp3) is 0.0476. The van der Waals surface area contributed by atoms with Gasteiger partial charge in [-0.05, 0) is 42.5 Å². The number of pyridine rings is 4. The molecule has 0 aromatic carbocycles. The third-order valence-corrected chi connectivity index (χ3v) is 4.03. The summed E-state index contributed by atoms with van der Waals surface area (Å²) in [4.78, 5) is 13.7. The highest BCUT2D eigenvalue weighted by Crippen LogP contribution is 2.27. The van der Waals surface area contributed by atoms with Gasteiger partial charge in [-0.3, -0.25) is 9.97 Å². The minimum atomic E-state index is 0.836. The third kappa shape index (κ3) is 3.15. The van der Waals surface area contributed by atoms with E-state index < -0.39 is 0 Å². The van der Waals surface area contributed by atoms with E-state index in [9.17, 15) is 0 Å². The number of aryl methyl sites for hydroxylation is 1. The van der Waals surface area contributed by atoms with Crippen LogP contribution in [0.5, 0.6) is 0 Å². The topological polar surface area (TPSA) is 42.5 Å². The minimum absolute atomic E-state index is 0.836. The van der Waals surface area contributed by atoms with Crippen molar-refractivity contribution in [2.75, 3.05) is 0 Å². The van der Waals surface area contributed by atoms with Gasteiger partial charge in [-0.2, -0.15) is 0 Å². The highest BCUT2D eigenvalue weighted by molar-refractivity contribution is 5.71. The Bertz CT molecular complexity index is 941. The van der Waals surface area contributed by atoms with Crippen molar-refractivity contribution in [1.82, 2.24) is 15.0 Å². The lowest BCUT2D eigenvalue weighted by Gasteiger charge is -2.08. The summed E-state index contributed by atoms with van der Waals surface area (Å²) in [5.74, 6) is 0. The molecule has 4 rings (SSSR count). The summed E-state index contributed by atoms with van der Waals surface area (Å²) in [6.07, 6.45) is 5.61. The molecule has 4 heterocycles. The van der Waals surface area contributed by atoms with Gasteiger partial charge in [-0.15, -0.1) is 0 Å². The molecule has 0 radical (unpaired) electrons. The van der Waals surface area contributed by atoms with Crippen molar-refractivity contribution in [1.29, 1.82) is 0 Å². The molecule has 0 aliphatic rings. The van der Waals surface area contributed by atoms with Gasteiger partial charge in [0.25, 0.3) is 0 Å². The van der Waals surface area contributed by atoms with Gasteiger partial charge in [0, 0.05) is 24.5 Å². The Labute approximate surface area is 146 Å². The third-order valence-electron chi connectivity index (χ3n) is 4.03. The molecule has 0 saturated carbocycles. The van der Waals surface area contributed by atoms with E-state index >= 15 is 0 Å². The minimum Gasteiger partial charge on any atom is -0.255 e. The second-order valence-corrected chi connectivity index (χ2v) is 5.75. The highest BCUT2D eigenvalue weighted by Gasteiger charge is 2.14. The standard InChI is InChI=1S/C21H17N4/c1-25-13-7-4-10-21(25)16-14-19(17-8-2-5-11-22-17)24-20(15-16)18-9-3-6-12-23-18/h2-15H,1H3/q+1. The predicted molar refractivity (Wildman–Crippen MR) is 97.3 cm³/mol. The van der Waals surface area contributed by atoms with Crippen molar-refractivity contribution < 1.29 is 4.57 Å². The van der Waals surface area contributed by atoms with Gasteiger partial charge < -0.3 is 0 Å². The zero-order chi connectivity index (χ0) is 17.1. The maximum absolute atomic E-state index is 4.79. The first-order chi connectivity index (χ1) is 12.3. The molecule has 4 heteroatoms. The Morgan fingerprint density at radius 3 is 1.80 bits per heavy atom. The van der Waals surface area contributed by atoms with Gasteiger partial charge in [-0.1, -0.05) is 12.1 Å². The monoisotopic (exact) mass is 325 g/mol. The van der Waals surface area contributed by atoms with E-state index in [1.807, 2.05) is 61.8 Å². The summed E-state index contributed by atoms with van der Waals surface area (Å²) in [7, 11) is 2.04. The summed E-state index contributed by atoms with van der Waals surface area (Å²) in [6.45, 7) is 0. The molecule has 0 fully saturated rings. The number of rotatable bonds is 3. The Kier molecular flexibility index (Phi) is 4.01. The molecule has 0 saturated heterocycles. The molecule has 0 spiro atoms. The Morgan fingerprint density at radius 1 is 0.680 bits per heavy atom. The molecule has 0 aliphatic heterocycles. The summed E-state index contributed by atoms with van der Waals surface area (Å²) < 4.78 is 2.10. The first kappa shape index (κ1) is 15.1. The first-order valence-electron chi connectivity index (χ1n) is 8.11. The van der Waals surface area contributed by atoms with E-state index in [1.165, 1.54) is 0 Å². The summed E-state index contributed by atoms with van der Waals surface area (Å²) in [5.41, 5.74) is 5.56. The van der Waals surface area contributed by atoms with Crippen molar-refractivity contribution in [3.05, 3.63) is 85.3 Å². The fourth-order valence-electron chi connectivity index (χ4n) is 2.79. The van der Waals surface area contributed by atoms with Crippen LogP contribution in [0.15, 0.2) is 85.3 Å². The van der Waals surface area contributed by atoms with Crippen LogP contribution in [0.2, 0.25) is 0 Å². The van der Waals surface area contributed by atoms with E-state index in [0.717, 1.165) is 34.0 Å². The molecule has 0 bridgehead atoms. The van der Waals surface area contributed by atoms with E-state index in [1.54, 1.807) is 12.4 Å². The van der Waals surface area contributed by atoms with E-state index in [4.69, 9.17) is 4.98 Å². The molecule has 4 aromatic rings. The quantitative estimate of drug-likeness (QED) is 0.539. The van der Waals surface area contributed by atoms with Crippen LogP contribution in [0.1, 0.15) is 0 Å².